The van der Waals surface area contributed by atoms with Gasteiger partial charge in [-0.05, 0) is 38.0 Å². The van der Waals surface area contributed by atoms with Crippen LogP contribution in [0.15, 0.2) is 0 Å². The zero-order valence-corrected chi connectivity index (χ0v) is 12.7. The van der Waals surface area contributed by atoms with Crippen LogP contribution < -0.4 is 5.32 Å². The minimum Gasteiger partial charge on any atom is -0.309 e. The Labute approximate surface area is 114 Å². The van der Waals surface area contributed by atoms with Gasteiger partial charge in [0.25, 0.3) is 0 Å². The molecule has 0 amide bonds. The Bertz CT molecular complexity index is 245. The third-order valence-corrected chi connectivity index (χ3v) is 5.39. The van der Waals surface area contributed by atoms with Gasteiger partial charge in [-0.2, -0.15) is 0 Å². The first-order chi connectivity index (χ1) is 8.65. The maximum atomic E-state index is 3.69. The average Bonchev–Trinajstić information content (AvgIpc) is 2.40. The normalized spacial score (nSPS) is 38.8. The fraction of sp³-hybridized carbons (Fsp3) is 1.00. The van der Waals surface area contributed by atoms with Crippen molar-refractivity contribution >= 4 is 0 Å². The van der Waals surface area contributed by atoms with Gasteiger partial charge >= 0.3 is 0 Å². The van der Waals surface area contributed by atoms with Gasteiger partial charge in [-0.1, -0.05) is 33.1 Å². The van der Waals surface area contributed by atoms with Crippen molar-refractivity contribution in [3.63, 3.8) is 0 Å². The van der Waals surface area contributed by atoms with Gasteiger partial charge in [-0.25, -0.2) is 0 Å². The summed E-state index contributed by atoms with van der Waals surface area (Å²) < 4.78 is 0. The van der Waals surface area contributed by atoms with E-state index < -0.39 is 0 Å². The maximum Gasteiger partial charge on any atom is 0.0278 e. The first-order valence-electron chi connectivity index (χ1n) is 8.12. The third kappa shape index (κ3) is 3.71. The van der Waals surface area contributed by atoms with E-state index in [1.54, 1.807) is 0 Å². The van der Waals surface area contributed by atoms with Gasteiger partial charge in [0.1, 0.15) is 0 Å². The molecule has 0 spiro atoms. The standard InChI is InChI=1S/C16H32N2/c1-4-14-6-8-15(9-7-14)12-18-11-10-17-16(3,5-2)13-18/h14-15,17H,4-13H2,1-3H3. The quantitative estimate of drug-likeness (QED) is 0.826. The van der Waals surface area contributed by atoms with Crippen molar-refractivity contribution in [3.05, 3.63) is 0 Å². The summed E-state index contributed by atoms with van der Waals surface area (Å²) in [6.07, 6.45) is 8.56. The summed E-state index contributed by atoms with van der Waals surface area (Å²) in [4.78, 5) is 2.72. The lowest BCUT2D eigenvalue weighted by atomic mass is 9.80. The number of rotatable bonds is 4. The molecule has 0 aromatic rings. The molecule has 1 saturated heterocycles. The van der Waals surface area contributed by atoms with E-state index in [4.69, 9.17) is 0 Å². The molecule has 2 heteroatoms. The lowest BCUT2D eigenvalue weighted by molar-refractivity contribution is 0.107. The Morgan fingerprint density at radius 3 is 2.39 bits per heavy atom. The Morgan fingerprint density at radius 2 is 1.78 bits per heavy atom. The summed E-state index contributed by atoms with van der Waals surface area (Å²) in [5.74, 6) is 2.01. The summed E-state index contributed by atoms with van der Waals surface area (Å²) in [5.41, 5.74) is 0.360. The molecule has 1 N–H and O–H groups in total. The highest BCUT2D eigenvalue weighted by atomic mass is 15.2. The number of hydrogen-bond acceptors (Lipinski definition) is 2. The summed E-state index contributed by atoms with van der Waals surface area (Å²) in [5, 5.41) is 3.69. The van der Waals surface area contributed by atoms with Crippen LogP contribution in [-0.2, 0) is 0 Å². The van der Waals surface area contributed by atoms with E-state index in [0.29, 0.717) is 5.54 Å². The highest BCUT2D eigenvalue weighted by molar-refractivity contribution is 4.90. The van der Waals surface area contributed by atoms with Crippen LogP contribution in [0.1, 0.15) is 59.3 Å². The van der Waals surface area contributed by atoms with Gasteiger partial charge in [0.2, 0.25) is 0 Å². The maximum absolute atomic E-state index is 3.69. The monoisotopic (exact) mass is 252 g/mol. The molecule has 1 aliphatic carbocycles. The summed E-state index contributed by atoms with van der Waals surface area (Å²) >= 11 is 0. The van der Waals surface area contributed by atoms with Crippen molar-refractivity contribution in [2.24, 2.45) is 11.8 Å². The molecule has 2 rings (SSSR count). The fourth-order valence-corrected chi connectivity index (χ4v) is 3.72. The van der Waals surface area contributed by atoms with Gasteiger partial charge in [-0.3, -0.25) is 4.90 Å². The molecule has 1 saturated carbocycles. The Hall–Kier alpha value is -0.0800. The first-order valence-corrected chi connectivity index (χ1v) is 8.12. The number of piperazine rings is 1. The Balaban J connectivity index is 1.76. The van der Waals surface area contributed by atoms with Gasteiger partial charge < -0.3 is 5.32 Å². The van der Waals surface area contributed by atoms with Crippen LogP contribution in [0.4, 0.5) is 0 Å². The predicted octanol–water partition coefficient (Wildman–Crippen LogP) is 3.28. The second kappa shape index (κ2) is 6.38. The average molecular weight is 252 g/mol. The van der Waals surface area contributed by atoms with E-state index in [1.807, 2.05) is 0 Å². The van der Waals surface area contributed by atoms with Crippen LogP contribution in [0.3, 0.4) is 0 Å². The lowest BCUT2D eigenvalue weighted by Crippen LogP contribution is -2.59. The van der Waals surface area contributed by atoms with E-state index >= 15 is 0 Å². The van der Waals surface area contributed by atoms with Crippen molar-refractivity contribution in [3.8, 4) is 0 Å². The SMILES string of the molecule is CCC1CCC(CN2CCNC(C)(CC)C2)CC1. The molecule has 1 heterocycles. The molecular weight excluding hydrogens is 220 g/mol. The molecule has 0 bridgehead atoms. The molecule has 18 heavy (non-hydrogen) atoms. The van der Waals surface area contributed by atoms with Crippen molar-refractivity contribution in [1.82, 2.24) is 10.2 Å². The second-order valence-corrected chi connectivity index (χ2v) is 6.87. The zero-order valence-electron chi connectivity index (χ0n) is 12.7. The molecule has 1 aliphatic heterocycles. The minimum atomic E-state index is 0.360. The molecule has 0 aromatic carbocycles. The summed E-state index contributed by atoms with van der Waals surface area (Å²) in [7, 11) is 0. The van der Waals surface area contributed by atoms with Crippen LogP contribution >= 0.6 is 0 Å². The van der Waals surface area contributed by atoms with E-state index in [0.717, 1.165) is 11.8 Å². The Kier molecular flexibility index (Phi) is 5.08. The Morgan fingerprint density at radius 1 is 1.11 bits per heavy atom. The zero-order chi connectivity index (χ0) is 13.0. The van der Waals surface area contributed by atoms with Gasteiger partial charge in [0, 0.05) is 31.7 Å². The minimum absolute atomic E-state index is 0.360. The largest absolute Gasteiger partial charge is 0.309 e. The second-order valence-electron chi connectivity index (χ2n) is 6.87. The molecule has 0 radical (unpaired) electrons. The molecule has 2 aliphatic rings. The third-order valence-electron chi connectivity index (χ3n) is 5.39. The highest BCUT2D eigenvalue weighted by Crippen LogP contribution is 2.31. The number of hydrogen-bond donors (Lipinski definition) is 1. The molecule has 106 valence electrons. The smallest absolute Gasteiger partial charge is 0.0278 e. The lowest BCUT2D eigenvalue weighted by Gasteiger charge is -2.43. The van der Waals surface area contributed by atoms with Crippen LogP contribution in [0.2, 0.25) is 0 Å². The molecule has 1 atom stereocenters. The van der Waals surface area contributed by atoms with E-state index in [2.05, 4.69) is 31.0 Å². The topological polar surface area (TPSA) is 15.3 Å². The van der Waals surface area contributed by atoms with Gasteiger partial charge in [0.15, 0.2) is 0 Å². The van der Waals surface area contributed by atoms with Crippen molar-refractivity contribution in [1.29, 1.82) is 0 Å². The molecular formula is C16H32N2. The molecule has 2 nitrogen and oxygen atoms in total. The first kappa shape index (κ1) is 14.3. The van der Waals surface area contributed by atoms with Gasteiger partial charge in [0.05, 0.1) is 0 Å². The number of nitrogens with zero attached hydrogens (tertiary/aromatic N) is 1. The molecule has 1 unspecified atom stereocenters. The van der Waals surface area contributed by atoms with E-state index in [1.165, 1.54) is 64.7 Å². The van der Waals surface area contributed by atoms with Crippen LogP contribution in [-0.4, -0.2) is 36.6 Å². The van der Waals surface area contributed by atoms with E-state index in [9.17, 15) is 0 Å². The van der Waals surface area contributed by atoms with Crippen molar-refractivity contribution < 1.29 is 0 Å². The van der Waals surface area contributed by atoms with Crippen LogP contribution in [0.25, 0.3) is 0 Å². The van der Waals surface area contributed by atoms with E-state index in [-0.39, 0.29) is 0 Å². The van der Waals surface area contributed by atoms with Crippen LogP contribution in [0, 0.1) is 11.8 Å². The highest BCUT2D eigenvalue weighted by Gasteiger charge is 2.30. The molecule has 0 aromatic heterocycles. The predicted molar refractivity (Wildman–Crippen MR) is 78.9 cm³/mol. The fourth-order valence-electron chi connectivity index (χ4n) is 3.72. The summed E-state index contributed by atoms with van der Waals surface area (Å²) in [6.45, 7) is 12.1. The van der Waals surface area contributed by atoms with Gasteiger partial charge in [-0.15, -0.1) is 0 Å². The summed E-state index contributed by atoms with van der Waals surface area (Å²) in [6, 6.07) is 0. The van der Waals surface area contributed by atoms with Crippen molar-refractivity contribution in [2.75, 3.05) is 26.2 Å². The number of nitrogens with one attached hydrogen (secondary N) is 1. The van der Waals surface area contributed by atoms with Crippen molar-refractivity contribution in [2.45, 2.75) is 64.8 Å². The molecule has 2 fully saturated rings. The van der Waals surface area contributed by atoms with Crippen LogP contribution in [0.5, 0.6) is 0 Å².